The zero-order valence-electron chi connectivity index (χ0n) is 21.0. The van der Waals surface area contributed by atoms with Crippen molar-refractivity contribution < 1.29 is 9.59 Å². The van der Waals surface area contributed by atoms with E-state index in [0.717, 1.165) is 93.3 Å². The van der Waals surface area contributed by atoms with Gasteiger partial charge in [-0.05, 0) is 138 Å². The van der Waals surface area contributed by atoms with E-state index < -0.39 is 0 Å². The minimum atomic E-state index is -0.0704. The van der Waals surface area contributed by atoms with Crippen LogP contribution in [0.2, 0.25) is 0 Å². The first-order valence-corrected chi connectivity index (χ1v) is 15.8. The van der Waals surface area contributed by atoms with Crippen molar-refractivity contribution in [3.63, 3.8) is 0 Å². The predicted molar refractivity (Wildman–Crippen MR) is 136 cm³/mol. The quantitative estimate of drug-likeness (QED) is 0.556. The van der Waals surface area contributed by atoms with Gasteiger partial charge in [0.1, 0.15) is 0 Å². The summed E-state index contributed by atoms with van der Waals surface area (Å²) >= 11 is 1.92. The largest absolute Gasteiger partial charge is 0.353 e. The first-order chi connectivity index (χ1) is 16.4. The Hall–Kier alpha value is -0.710. The molecule has 0 spiro atoms. The highest BCUT2D eigenvalue weighted by Gasteiger charge is 2.56. The monoisotopic (exact) mass is 484 g/mol. The predicted octanol–water partition coefficient (Wildman–Crippen LogP) is 5.30. The molecular weight excluding hydrogens is 440 g/mol. The van der Waals surface area contributed by atoms with Crippen molar-refractivity contribution in [2.45, 2.75) is 114 Å². The lowest BCUT2D eigenvalue weighted by atomic mass is 9.49. The van der Waals surface area contributed by atoms with E-state index >= 15 is 0 Å². The normalized spacial score (nSPS) is 52.6. The van der Waals surface area contributed by atoms with Crippen molar-refractivity contribution in [1.29, 1.82) is 0 Å². The van der Waals surface area contributed by atoms with Crippen LogP contribution in [0.3, 0.4) is 0 Å². The minimum absolute atomic E-state index is 0.0704. The molecule has 0 heterocycles. The summed E-state index contributed by atoms with van der Waals surface area (Å²) in [6.07, 6.45) is 20.3. The zero-order chi connectivity index (χ0) is 23.1. The fraction of sp³-hybridized carbons (Fsp3) is 0.931. The second-order valence-corrected chi connectivity index (χ2v) is 15.4. The molecule has 0 aromatic heterocycles. The Morgan fingerprint density at radius 1 is 0.559 bits per heavy atom. The summed E-state index contributed by atoms with van der Waals surface area (Å²) in [6.45, 7) is 0. The topological polar surface area (TPSA) is 58.2 Å². The van der Waals surface area contributed by atoms with Crippen molar-refractivity contribution in [1.82, 2.24) is 10.6 Å². The molecule has 9 saturated carbocycles. The number of carbonyl (C=O) groups is 2. The molecule has 9 fully saturated rings. The smallest absolute Gasteiger partial charge is 0.226 e. The average Bonchev–Trinajstić information content (AvgIpc) is 2.77. The summed E-state index contributed by atoms with van der Waals surface area (Å²) in [4.78, 5) is 27.4. The van der Waals surface area contributed by atoms with E-state index in [4.69, 9.17) is 0 Å². The van der Waals surface area contributed by atoms with Gasteiger partial charge in [0.05, 0.1) is 0 Å². The lowest BCUT2D eigenvalue weighted by molar-refractivity contribution is -0.147. The van der Waals surface area contributed by atoms with Gasteiger partial charge in [-0.1, -0.05) is 0 Å². The summed E-state index contributed by atoms with van der Waals surface area (Å²) < 4.78 is 0. The van der Waals surface area contributed by atoms with E-state index in [1.165, 1.54) is 38.5 Å². The van der Waals surface area contributed by atoms with E-state index in [0.29, 0.717) is 17.1 Å². The molecule has 0 aliphatic heterocycles. The van der Waals surface area contributed by atoms with Crippen molar-refractivity contribution in [2.75, 3.05) is 6.26 Å². The fourth-order valence-corrected chi connectivity index (χ4v) is 12.0. The highest BCUT2D eigenvalue weighted by atomic mass is 32.2. The molecule has 2 N–H and O–H groups in total. The molecule has 9 rings (SSSR count). The van der Waals surface area contributed by atoms with E-state index in [1.54, 1.807) is 0 Å². The maximum absolute atomic E-state index is 13.7. The molecule has 8 bridgehead atoms. The SMILES string of the molecule is CSC1CC(NC(=O)C23CC4CC(CC(C4)C2)C3)CC(NC(=O)C23CC4CC(CC(C4)C2)C3)C1. The number of nitrogens with one attached hydrogen (secondary N) is 2. The summed E-state index contributed by atoms with van der Waals surface area (Å²) in [5, 5.41) is 7.68. The van der Waals surface area contributed by atoms with Gasteiger partial charge >= 0.3 is 0 Å². The summed E-state index contributed by atoms with van der Waals surface area (Å²) in [7, 11) is 0. The molecule has 0 radical (unpaired) electrons. The van der Waals surface area contributed by atoms with Crippen molar-refractivity contribution >= 4 is 23.6 Å². The molecule has 2 atom stereocenters. The number of thioether (sulfide) groups is 1. The Kier molecular flexibility index (Phi) is 5.39. The molecular formula is C29H44N2O2S. The van der Waals surface area contributed by atoms with Gasteiger partial charge < -0.3 is 10.6 Å². The Labute approximate surface area is 209 Å². The fourth-order valence-electron chi connectivity index (χ4n) is 11.1. The highest BCUT2D eigenvalue weighted by molar-refractivity contribution is 7.99. The molecule has 188 valence electrons. The lowest BCUT2D eigenvalue weighted by Gasteiger charge is -2.56. The van der Waals surface area contributed by atoms with Crippen LogP contribution in [0.5, 0.6) is 0 Å². The minimum Gasteiger partial charge on any atom is -0.353 e. The standard InChI is InChI=1S/C29H44N2O2S/c1-34-25-9-23(30-26(32)28-11-17-2-18(12-28)4-19(3-17)13-28)8-24(10-25)31-27(33)29-14-20-5-21(15-29)7-22(6-20)16-29/h17-25H,2-16H2,1H3,(H,30,32)(H,31,33). The maximum Gasteiger partial charge on any atom is 0.226 e. The molecule has 9 aliphatic carbocycles. The summed E-state index contributed by atoms with van der Waals surface area (Å²) in [6, 6.07) is 0.432. The molecule has 9 aliphatic rings. The van der Waals surface area contributed by atoms with Crippen LogP contribution < -0.4 is 10.6 Å². The molecule has 4 nitrogen and oxygen atoms in total. The van der Waals surface area contributed by atoms with Crippen LogP contribution in [0, 0.1) is 46.3 Å². The molecule has 5 heteroatoms. The molecule has 0 saturated heterocycles. The Balaban J connectivity index is 1.02. The summed E-state index contributed by atoms with van der Waals surface area (Å²) in [5.74, 6) is 5.53. The third-order valence-electron chi connectivity index (χ3n) is 11.7. The van der Waals surface area contributed by atoms with Gasteiger partial charge in [0.15, 0.2) is 0 Å². The van der Waals surface area contributed by atoms with Crippen molar-refractivity contribution in [3.8, 4) is 0 Å². The van der Waals surface area contributed by atoms with Gasteiger partial charge in [-0.3, -0.25) is 9.59 Å². The Morgan fingerprint density at radius 2 is 0.882 bits per heavy atom. The first-order valence-electron chi connectivity index (χ1n) is 14.5. The van der Waals surface area contributed by atoms with E-state index in [-0.39, 0.29) is 22.9 Å². The third-order valence-corrected chi connectivity index (χ3v) is 12.8. The molecule has 34 heavy (non-hydrogen) atoms. The highest BCUT2D eigenvalue weighted by Crippen LogP contribution is 2.61. The number of carbonyl (C=O) groups excluding carboxylic acids is 2. The number of hydrogen-bond acceptors (Lipinski definition) is 3. The summed E-state index contributed by atoms with van der Waals surface area (Å²) in [5.41, 5.74) is -0.141. The van der Waals surface area contributed by atoms with Crippen molar-refractivity contribution in [3.05, 3.63) is 0 Å². The van der Waals surface area contributed by atoms with Crippen LogP contribution in [0.15, 0.2) is 0 Å². The van der Waals surface area contributed by atoms with Crippen LogP contribution >= 0.6 is 11.8 Å². The van der Waals surface area contributed by atoms with Gasteiger partial charge in [0.2, 0.25) is 11.8 Å². The third kappa shape index (κ3) is 3.77. The van der Waals surface area contributed by atoms with Crippen molar-refractivity contribution in [2.24, 2.45) is 46.3 Å². The lowest BCUT2D eigenvalue weighted by Crippen LogP contribution is -2.59. The second kappa shape index (κ2) is 8.15. The van der Waals surface area contributed by atoms with Crippen LogP contribution in [0.25, 0.3) is 0 Å². The van der Waals surface area contributed by atoms with Gasteiger partial charge in [-0.25, -0.2) is 0 Å². The van der Waals surface area contributed by atoms with Crippen LogP contribution in [0.4, 0.5) is 0 Å². The van der Waals surface area contributed by atoms with E-state index in [2.05, 4.69) is 16.9 Å². The van der Waals surface area contributed by atoms with Crippen LogP contribution in [-0.4, -0.2) is 35.4 Å². The van der Waals surface area contributed by atoms with Gasteiger partial charge in [-0.2, -0.15) is 11.8 Å². The molecule has 2 amide bonds. The molecule has 2 unspecified atom stereocenters. The molecule has 0 aromatic carbocycles. The van der Waals surface area contributed by atoms with Gasteiger partial charge in [0, 0.05) is 28.2 Å². The Bertz CT molecular complexity index is 719. The zero-order valence-corrected chi connectivity index (χ0v) is 21.8. The first kappa shape index (κ1) is 22.5. The molecule has 0 aromatic rings. The second-order valence-electron chi connectivity index (χ2n) is 14.3. The Morgan fingerprint density at radius 3 is 1.18 bits per heavy atom. The van der Waals surface area contributed by atoms with Crippen LogP contribution in [-0.2, 0) is 9.59 Å². The average molecular weight is 485 g/mol. The number of hydrogen-bond donors (Lipinski definition) is 2. The van der Waals surface area contributed by atoms with Crippen LogP contribution in [0.1, 0.15) is 96.3 Å². The van der Waals surface area contributed by atoms with Gasteiger partial charge in [-0.15, -0.1) is 0 Å². The number of rotatable bonds is 5. The van der Waals surface area contributed by atoms with E-state index in [9.17, 15) is 9.59 Å². The van der Waals surface area contributed by atoms with Gasteiger partial charge in [0.25, 0.3) is 0 Å². The maximum atomic E-state index is 13.7. The van der Waals surface area contributed by atoms with E-state index in [1.807, 2.05) is 11.8 Å². The number of amides is 2.